The molecular weight excluding hydrogens is 498 g/mol. The van der Waals surface area contributed by atoms with Crippen molar-refractivity contribution >= 4 is 23.6 Å². The first-order chi connectivity index (χ1) is 18.3. The molecule has 0 aliphatic heterocycles. The molecule has 2 aromatic carbocycles. The number of carbonyl (C=O) groups is 2. The quantitative estimate of drug-likeness (QED) is 0.284. The number of carboxylic acids is 1. The molecule has 1 amide bonds. The highest BCUT2D eigenvalue weighted by atomic mass is 32.2. The number of hydrogen-bond acceptors (Lipinski definition) is 5. The van der Waals surface area contributed by atoms with Crippen LogP contribution in [0, 0.1) is 12.8 Å². The van der Waals surface area contributed by atoms with Crippen LogP contribution in [0.4, 0.5) is 0 Å². The minimum absolute atomic E-state index is 0.0457. The molecule has 0 bridgehead atoms. The maximum atomic E-state index is 13.3. The highest BCUT2D eigenvalue weighted by molar-refractivity contribution is 7.98. The van der Waals surface area contributed by atoms with Crippen LogP contribution in [0.1, 0.15) is 73.9 Å². The van der Waals surface area contributed by atoms with E-state index in [0.717, 1.165) is 22.3 Å². The van der Waals surface area contributed by atoms with Gasteiger partial charge in [-0.25, -0.2) is 4.79 Å². The number of ether oxygens (including phenoxy) is 2. The third kappa shape index (κ3) is 8.32. The molecule has 3 rings (SSSR count). The number of hydrogen-bond donors (Lipinski definition) is 2. The summed E-state index contributed by atoms with van der Waals surface area (Å²) < 4.78 is 12.5. The maximum absolute atomic E-state index is 13.3. The Morgan fingerprint density at radius 1 is 1.08 bits per heavy atom. The van der Waals surface area contributed by atoms with Crippen molar-refractivity contribution in [2.75, 3.05) is 18.6 Å². The molecule has 2 aromatic rings. The first kappa shape index (κ1) is 30.2. The third-order valence-electron chi connectivity index (χ3n) is 7.43. The molecule has 38 heavy (non-hydrogen) atoms. The second kappa shape index (κ2) is 15.3. The zero-order chi connectivity index (χ0) is 27.5. The molecule has 0 aromatic heterocycles. The number of rotatable bonds is 14. The zero-order valence-electron chi connectivity index (χ0n) is 23.2. The number of carbonyl (C=O) groups excluding carboxylic acids is 1. The van der Waals surface area contributed by atoms with Crippen LogP contribution in [0.2, 0.25) is 0 Å². The van der Waals surface area contributed by atoms with Crippen molar-refractivity contribution in [1.29, 1.82) is 0 Å². The summed E-state index contributed by atoms with van der Waals surface area (Å²) in [6.45, 7) is 7.22. The van der Waals surface area contributed by atoms with Gasteiger partial charge >= 0.3 is 5.97 Å². The monoisotopic (exact) mass is 541 g/mol. The Kier molecular flexibility index (Phi) is 12.2. The van der Waals surface area contributed by atoms with Crippen LogP contribution >= 0.6 is 11.8 Å². The summed E-state index contributed by atoms with van der Waals surface area (Å²) in [5, 5.41) is 12.4. The van der Waals surface area contributed by atoms with Crippen LogP contribution in [-0.4, -0.2) is 53.8 Å². The second-order valence-electron chi connectivity index (χ2n) is 10.2. The van der Waals surface area contributed by atoms with E-state index in [2.05, 4.69) is 12.2 Å². The minimum Gasteiger partial charge on any atom is -0.480 e. The Labute approximate surface area is 231 Å². The summed E-state index contributed by atoms with van der Waals surface area (Å²) in [4.78, 5) is 25.1. The van der Waals surface area contributed by atoms with Gasteiger partial charge in [-0.2, -0.15) is 11.8 Å². The molecule has 208 valence electrons. The number of benzene rings is 2. The molecule has 6 nitrogen and oxygen atoms in total. The van der Waals surface area contributed by atoms with Crippen LogP contribution in [0.3, 0.4) is 0 Å². The zero-order valence-corrected chi connectivity index (χ0v) is 24.0. The van der Waals surface area contributed by atoms with Crippen LogP contribution in [0.25, 0.3) is 11.1 Å². The summed E-state index contributed by atoms with van der Waals surface area (Å²) in [7, 11) is 0. The highest BCUT2D eigenvalue weighted by Gasteiger charge is 2.29. The van der Waals surface area contributed by atoms with Gasteiger partial charge in [0.15, 0.2) is 0 Å². The Morgan fingerprint density at radius 3 is 2.47 bits per heavy atom. The average Bonchev–Trinajstić information content (AvgIpc) is 2.93. The van der Waals surface area contributed by atoms with Gasteiger partial charge in [0.1, 0.15) is 6.04 Å². The summed E-state index contributed by atoms with van der Waals surface area (Å²) >= 11 is 1.56. The standard InChI is InChI=1S/C31H43NO5S/c1-5-36-29(24-12-7-6-8-13-24)22(3)37-20-23-15-16-26(27(19-23)25-14-10-9-11-21(25)2)30(33)32-28(31(34)35)17-18-38-4/h9-11,14-16,19,22,24,28-29H,5-8,12-13,17-18,20H2,1-4H3,(H,32,33)(H,34,35)/t22?,28-,29?/m0/s1. The van der Waals surface area contributed by atoms with Crippen LogP contribution in [0.15, 0.2) is 42.5 Å². The number of carboxylic acid groups (broad SMARTS) is 1. The third-order valence-corrected chi connectivity index (χ3v) is 8.07. The SMILES string of the molecule is CCOC(C1CCCCC1)C(C)OCc1ccc(C(=O)N[C@@H](CCSC)C(=O)O)c(-c2ccccc2C)c1. The van der Waals surface area contributed by atoms with Gasteiger partial charge in [0.2, 0.25) is 0 Å². The lowest BCUT2D eigenvalue weighted by Gasteiger charge is -2.34. The van der Waals surface area contributed by atoms with E-state index in [-0.39, 0.29) is 18.1 Å². The molecule has 3 atom stereocenters. The van der Waals surface area contributed by atoms with Gasteiger partial charge in [-0.05, 0) is 92.3 Å². The minimum atomic E-state index is -1.02. The highest BCUT2D eigenvalue weighted by Crippen LogP contribution is 2.32. The fraction of sp³-hybridized carbons (Fsp3) is 0.548. The van der Waals surface area contributed by atoms with E-state index in [1.54, 1.807) is 17.8 Å². The van der Waals surface area contributed by atoms with E-state index in [1.165, 1.54) is 32.1 Å². The predicted molar refractivity (Wildman–Crippen MR) is 155 cm³/mol. The van der Waals surface area contributed by atoms with Crippen LogP contribution in [0.5, 0.6) is 0 Å². The molecule has 0 radical (unpaired) electrons. The van der Waals surface area contributed by atoms with Gasteiger partial charge in [0, 0.05) is 12.2 Å². The van der Waals surface area contributed by atoms with Crippen molar-refractivity contribution in [2.45, 2.75) is 84.2 Å². The van der Waals surface area contributed by atoms with Crippen molar-refractivity contribution in [3.8, 4) is 11.1 Å². The van der Waals surface area contributed by atoms with Crippen LogP contribution in [-0.2, 0) is 20.9 Å². The molecule has 1 aliphatic rings. The molecule has 2 unspecified atom stereocenters. The average molecular weight is 542 g/mol. The van der Waals surface area contributed by atoms with E-state index >= 15 is 0 Å². The molecule has 2 N–H and O–H groups in total. The fourth-order valence-electron chi connectivity index (χ4n) is 5.34. The van der Waals surface area contributed by atoms with Crippen LogP contribution < -0.4 is 5.32 Å². The predicted octanol–water partition coefficient (Wildman–Crippen LogP) is 6.49. The van der Waals surface area contributed by atoms with Gasteiger partial charge in [0.05, 0.1) is 18.8 Å². The molecule has 0 heterocycles. The Morgan fingerprint density at radius 2 is 1.82 bits per heavy atom. The molecule has 0 saturated heterocycles. The van der Waals surface area contributed by atoms with E-state index < -0.39 is 12.0 Å². The lowest BCUT2D eigenvalue weighted by Crippen LogP contribution is -2.41. The number of thioether (sulfide) groups is 1. The topological polar surface area (TPSA) is 84.9 Å². The van der Waals surface area contributed by atoms with Crippen molar-refractivity contribution < 1.29 is 24.2 Å². The summed E-state index contributed by atoms with van der Waals surface area (Å²) in [5.74, 6) is -0.225. The first-order valence-corrected chi connectivity index (χ1v) is 15.2. The van der Waals surface area contributed by atoms with E-state index in [1.807, 2.05) is 56.5 Å². The first-order valence-electron chi connectivity index (χ1n) is 13.8. The molecule has 1 fully saturated rings. The number of aryl methyl sites for hydroxylation is 1. The van der Waals surface area contributed by atoms with E-state index in [9.17, 15) is 14.7 Å². The Balaban J connectivity index is 1.83. The number of amides is 1. The normalized spacial score (nSPS) is 16.5. The summed E-state index contributed by atoms with van der Waals surface area (Å²) in [6, 6.07) is 12.7. The molecule has 1 saturated carbocycles. The Bertz CT molecular complexity index is 1050. The van der Waals surface area contributed by atoms with Gasteiger partial charge < -0.3 is 19.9 Å². The number of aliphatic carboxylic acids is 1. The fourth-order valence-corrected chi connectivity index (χ4v) is 5.81. The van der Waals surface area contributed by atoms with Crippen molar-refractivity contribution in [1.82, 2.24) is 5.32 Å². The Hall–Kier alpha value is -2.35. The molecule has 7 heteroatoms. The molecule has 0 spiro atoms. The lowest BCUT2D eigenvalue weighted by atomic mass is 9.83. The van der Waals surface area contributed by atoms with Gasteiger partial charge in [-0.3, -0.25) is 4.79 Å². The van der Waals surface area contributed by atoms with Crippen molar-refractivity contribution in [2.24, 2.45) is 5.92 Å². The second-order valence-corrected chi connectivity index (χ2v) is 11.2. The largest absolute Gasteiger partial charge is 0.480 e. The molecule has 1 aliphatic carbocycles. The van der Waals surface area contributed by atoms with Crippen molar-refractivity contribution in [3.05, 3.63) is 59.2 Å². The summed E-state index contributed by atoms with van der Waals surface area (Å²) in [6.07, 6.45) is 8.51. The lowest BCUT2D eigenvalue weighted by molar-refractivity contribution is -0.139. The van der Waals surface area contributed by atoms with Gasteiger partial charge in [-0.1, -0.05) is 49.6 Å². The van der Waals surface area contributed by atoms with Crippen molar-refractivity contribution in [3.63, 3.8) is 0 Å². The number of nitrogens with one attached hydrogen (secondary N) is 1. The smallest absolute Gasteiger partial charge is 0.326 e. The molecular formula is C31H43NO5S. The van der Waals surface area contributed by atoms with Gasteiger partial charge in [0.25, 0.3) is 5.91 Å². The van der Waals surface area contributed by atoms with Gasteiger partial charge in [-0.15, -0.1) is 0 Å². The summed E-state index contributed by atoms with van der Waals surface area (Å²) in [5.41, 5.74) is 4.18. The van der Waals surface area contributed by atoms with E-state index in [0.29, 0.717) is 36.9 Å². The van der Waals surface area contributed by atoms with E-state index in [4.69, 9.17) is 9.47 Å². The maximum Gasteiger partial charge on any atom is 0.326 e.